The summed E-state index contributed by atoms with van der Waals surface area (Å²) in [7, 11) is 0. The maximum atomic E-state index is 9.19. The van der Waals surface area contributed by atoms with Gasteiger partial charge in [0.15, 0.2) is 0 Å². The number of nitrogens with zero attached hydrogens (tertiary/aromatic N) is 2. The lowest BCUT2D eigenvalue weighted by Crippen LogP contribution is -2.16. The van der Waals surface area contributed by atoms with Gasteiger partial charge in [0.2, 0.25) is 0 Å². The summed E-state index contributed by atoms with van der Waals surface area (Å²) < 4.78 is 0. The minimum absolute atomic E-state index is 0.673. The Morgan fingerprint density at radius 3 is 2.94 bits per heavy atom. The Balaban J connectivity index is 2.09. The highest BCUT2D eigenvalue weighted by atomic mass is 14.9. The summed E-state index contributed by atoms with van der Waals surface area (Å²) in [5.41, 5.74) is 3.37. The van der Waals surface area contributed by atoms with Gasteiger partial charge in [-0.3, -0.25) is 4.98 Å². The fourth-order valence-electron chi connectivity index (χ4n) is 2.41. The first-order valence-corrected chi connectivity index (χ1v) is 6.48. The fraction of sp³-hybridized carbons (Fsp3) is 0.467. The third-order valence-electron chi connectivity index (χ3n) is 3.40. The number of nitrogens with one attached hydrogen (secondary N) is 1. The topological polar surface area (TPSA) is 48.7 Å². The van der Waals surface area contributed by atoms with E-state index in [4.69, 9.17) is 0 Å². The fourth-order valence-corrected chi connectivity index (χ4v) is 2.41. The Morgan fingerprint density at radius 1 is 1.44 bits per heavy atom. The molecule has 0 fully saturated rings. The molecule has 1 unspecified atom stereocenters. The molecule has 1 aromatic rings. The number of pyridine rings is 1. The first-order chi connectivity index (χ1) is 8.70. The lowest BCUT2D eigenvalue weighted by molar-refractivity contribution is 0.504. The van der Waals surface area contributed by atoms with Crippen molar-refractivity contribution < 1.29 is 0 Å². The molecule has 0 spiro atoms. The van der Waals surface area contributed by atoms with Gasteiger partial charge >= 0.3 is 0 Å². The number of aromatic nitrogens is 1. The maximum absolute atomic E-state index is 9.19. The minimum atomic E-state index is 0.673. The summed E-state index contributed by atoms with van der Waals surface area (Å²) in [6, 6.07) is 4.20. The second-order valence-electron chi connectivity index (χ2n) is 4.91. The van der Waals surface area contributed by atoms with E-state index in [1.165, 1.54) is 12.8 Å². The van der Waals surface area contributed by atoms with E-state index in [0.717, 1.165) is 30.0 Å². The maximum Gasteiger partial charge on any atom is 0.103 e. The van der Waals surface area contributed by atoms with Crippen LogP contribution >= 0.6 is 0 Å². The number of rotatable bonds is 3. The molecule has 2 rings (SSSR count). The standard InChI is InChI=1S/C15H19N3/c1-11-8-15(14(9-16)12(2)18-11)17-10-13-6-4-3-5-7-13/h3-4,8,13H,5-7,10H2,1-2H3,(H,17,18). The van der Waals surface area contributed by atoms with Gasteiger partial charge in [-0.2, -0.15) is 5.26 Å². The van der Waals surface area contributed by atoms with Gasteiger partial charge < -0.3 is 5.32 Å². The van der Waals surface area contributed by atoms with Gasteiger partial charge in [0.05, 0.1) is 16.9 Å². The van der Waals surface area contributed by atoms with Crippen molar-refractivity contribution in [2.75, 3.05) is 11.9 Å². The van der Waals surface area contributed by atoms with Crippen LogP contribution in [-0.4, -0.2) is 11.5 Å². The van der Waals surface area contributed by atoms with Crippen molar-refractivity contribution in [3.8, 4) is 6.07 Å². The van der Waals surface area contributed by atoms with Gasteiger partial charge in [0.1, 0.15) is 6.07 Å². The number of nitriles is 1. The molecule has 0 bridgehead atoms. The Morgan fingerprint density at radius 2 is 2.28 bits per heavy atom. The van der Waals surface area contributed by atoms with E-state index < -0.39 is 0 Å². The van der Waals surface area contributed by atoms with Crippen LogP contribution in [-0.2, 0) is 0 Å². The van der Waals surface area contributed by atoms with Crippen LogP contribution in [0.25, 0.3) is 0 Å². The summed E-state index contributed by atoms with van der Waals surface area (Å²) in [5.74, 6) is 0.676. The monoisotopic (exact) mass is 241 g/mol. The van der Waals surface area contributed by atoms with Gasteiger partial charge in [-0.1, -0.05) is 12.2 Å². The van der Waals surface area contributed by atoms with E-state index in [9.17, 15) is 5.26 Å². The molecule has 1 aromatic heterocycles. The normalized spacial score (nSPS) is 18.4. The largest absolute Gasteiger partial charge is 0.384 e. The Hall–Kier alpha value is -1.82. The zero-order chi connectivity index (χ0) is 13.0. The van der Waals surface area contributed by atoms with Crippen molar-refractivity contribution in [2.24, 2.45) is 5.92 Å². The van der Waals surface area contributed by atoms with Gasteiger partial charge in [0, 0.05) is 12.2 Å². The van der Waals surface area contributed by atoms with Crippen LogP contribution in [0, 0.1) is 31.1 Å². The number of hydrogen-bond acceptors (Lipinski definition) is 3. The SMILES string of the molecule is Cc1cc(NCC2CC=CCC2)c(C#N)c(C)n1. The molecule has 0 amide bonds. The van der Waals surface area contributed by atoms with Gasteiger partial charge in [-0.05, 0) is 45.1 Å². The molecule has 0 aliphatic heterocycles. The summed E-state index contributed by atoms with van der Waals surface area (Å²) >= 11 is 0. The quantitative estimate of drug-likeness (QED) is 0.826. The minimum Gasteiger partial charge on any atom is -0.384 e. The van der Waals surface area contributed by atoms with Gasteiger partial charge in [-0.15, -0.1) is 0 Å². The summed E-state index contributed by atoms with van der Waals surface area (Å²) in [5, 5.41) is 12.6. The first kappa shape index (κ1) is 12.6. The molecule has 1 aliphatic rings. The molecule has 3 nitrogen and oxygen atoms in total. The van der Waals surface area contributed by atoms with E-state index in [-0.39, 0.29) is 0 Å². The van der Waals surface area contributed by atoms with Crippen molar-refractivity contribution >= 4 is 5.69 Å². The molecule has 94 valence electrons. The molecule has 0 radical (unpaired) electrons. The van der Waals surface area contributed by atoms with Crippen LogP contribution in [0.3, 0.4) is 0 Å². The Bertz CT molecular complexity index is 497. The van der Waals surface area contributed by atoms with Crippen LogP contribution in [0.4, 0.5) is 5.69 Å². The number of anilines is 1. The molecule has 1 aliphatic carbocycles. The van der Waals surface area contributed by atoms with E-state index >= 15 is 0 Å². The molecule has 1 heterocycles. The summed E-state index contributed by atoms with van der Waals surface area (Å²) in [6.07, 6.45) is 8.04. The van der Waals surface area contributed by atoms with Crippen LogP contribution in [0.1, 0.15) is 36.2 Å². The molecule has 1 atom stereocenters. The third-order valence-corrected chi connectivity index (χ3v) is 3.40. The highest BCUT2D eigenvalue weighted by molar-refractivity contribution is 5.59. The zero-order valence-electron chi connectivity index (χ0n) is 11.0. The lowest BCUT2D eigenvalue weighted by atomic mass is 9.94. The Kier molecular flexibility index (Phi) is 3.99. The highest BCUT2D eigenvalue weighted by Crippen LogP contribution is 2.22. The third kappa shape index (κ3) is 2.89. The van der Waals surface area contributed by atoms with Crippen molar-refractivity contribution in [1.29, 1.82) is 5.26 Å². The molecule has 1 N–H and O–H groups in total. The average Bonchev–Trinajstić information content (AvgIpc) is 2.37. The van der Waals surface area contributed by atoms with Crippen molar-refractivity contribution in [2.45, 2.75) is 33.1 Å². The number of aryl methyl sites for hydroxylation is 2. The number of allylic oxidation sites excluding steroid dienone is 2. The summed E-state index contributed by atoms with van der Waals surface area (Å²) in [6.45, 7) is 4.78. The van der Waals surface area contributed by atoms with Crippen LogP contribution in [0.2, 0.25) is 0 Å². The first-order valence-electron chi connectivity index (χ1n) is 6.48. The molecule has 0 saturated heterocycles. The van der Waals surface area contributed by atoms with E-state index in [2.05, 4.69) is 28.5 Å². The predicted molar refractivity (Wildman–Crippen MR) is 73.4 cm³/mol. The average molecular weight is 241 g/mol. The molecular formula is C15H19N3. The van der Waals surface area contributed by atoms with Crippen LogP contribution in [0.15, 0.2) is 18.2 Å². The predicted octanol–water partition coefficient (Wildman–Crippen LogP) is 3.34. The second-order valence-corrected chi connectivity index (χ2v) is 4.91. The smallest absolute Gasteiger partial charge is 0.103 e. The number of hydrogen-bond donors (Lipinski definition) is 1. The molecule has 0 saturated carbocycles. The zero-order valence-corrected chi connectivity index (χ0v) is 11.0. The lowest BCUT2D eigenvalue weighted by Gasteiger charge is -2.19. The second kappa shape index (κ2) is 5.68. The van der Waals surface area contributed by atoms with E-state index in [1.807, 2.05) is 19.9 Å². The molecule has 18 heavy (non-hydrogen) atoms. The van der Waals surface area contributed by atoms with Gasteiger partial charge in [-0.25, -0.2) is 0 Å². The van der Waals surface area contributed by atoms with Crippen molar-refractivity contribution in [3.63, 3.8) is 0 Å². The molecule has 0 aromatic carbocycles. The van der Waals surface area contributed by atoms with Crippen LogP contribution < -0.4 is 5.32 Å². The van der Waals surface area contributed by atoms with E-state index in [0.29, 0.717) is 11.5 Å². The highest BCUT2D eigenvalue weighted by Gasteiger charge is 2.12. The summed E-state index contributed by atoms with van der Waals surface area (Å²) in [4.78, 5) is 4.33. The molecule has 3 heteroatoms. The van der Waals surface area contributed by atoms with Crippen LogP contribution in [0.5, 0.6) is 0 Å². The van der Waals surface area contributed by atoms with Gasteiger partial charge in [0.25, 0.3) is 0 Å². The van der Waals surface area contributed by atoms with Crippen molar-refractivity contribution in [1.82, 2.24) is 4.98 Å². The molecular weight excluding hydrogens is 222 g/mol. The van der Waals surface area contributed by atoms with Crippen molar-refractivity contribution in [3.05, 3.63) is 35.2 Å². The Labute approximate surface area is 109 Å². The van der Waals surface area contributed by atoms with E-state index in [1.54, 1.807) is 0 Å².